The number of aromatic amines is 1. The molecular weight excluding hydrogens is 711 g/mol. The quantitative estimate of drug-likeness (QED) is 0.174. The van der Waals surface area contributed by atoms with Crippen molar-refractivity contribution in [1.82, 2.24) is 9.88 Å². The number of carboxylic acids is 1. The van der Waals surface area contributed by atoms with E-state index >= 15 is 0 Å². The van der Waals surface area contributed by atoms with Crippen LogP contribution in [-0.4, -0.2) is 76.3 Å². The third-order valence-electron chi connectivity index (χ3n) is 10.6. The minimum Gasteiger partial charge on any atom is -0.493 e. The van der Waals surface area contributed by atoms with Crippen molar-refractivity contribution >= 4 is 58.4 Å². The maximum absolute atomic E-state index is 14.0. The number of esters is 1. The summed E-state index contributed by atoms with van der Waals surface area (Å²) < 4.78 is 16.6. The van der Waals surface area contributed by atoms with Crippen molar-refractivity contribution in [2.45, 2.75) is 55.8 Å². The zero-order chi connectivity index (χ0) is 37.0. The van der Waals surface area contributed by atoms with Crippen LogP contribution in [0.5, 0.6) is 11.5 Å². The number of carboxylic acid groups (broad SMARTS) is 1. The molecule has 52 heavy (non-hydrogen) atoms. The van der Waals surface area contributed by atoms with Crippen molar-refractivity contribution in [3.8, 4) is 11.5 Å². The Bertz CT molecular complexity index is 1990. The number of aliphatic carboxylic acids is 1. The molecule has 2 saturated carbocycles. The molecule has 15 heteroatoms. The number of anilines is 1. The predicted octanol–water partition coefficient (Wildman–Crippen LogP) is 4.61. The van der Waals surface area contributed by atoms with E-state index in [9.17, 15) is 33.9 Å². The molecule has 274 valence electrons. The number of thioether (sulfide) groups is 1. The Morgan fingerprint density at radius 2 is 1.73 bits per heavy atom. The fourth-order valence-corrected chi connectivity index (χ4v) is 11.6. The first-order chi connectivity index (χ1) is 24.9. The van der Waals surface area contributed by atoms with Crippen LogP contribution in [0.1, 0.15) is 60.3 Å². The molecule has 1 aromatic heterocycles. The number of hydrogen-bond donors (Lipinski definition) is 3. The highest BCUT2D eigenvalue weighted by Crippen LogP contribution is 2.68. The summed E-state index contributed by atoms with van der Waals surface area (Å²) in [6.07, 6.45) is 0.851. The largest absolute Gasteiger partial charge is 0.493 e. The third kappa shape index (κ3) is 6.16. The maximum atomic E-state index is 14.0. The lowest BCUT2D eigenvalue weighted by Crippen LogP contribution is -2.47. The standard InChI is InChI=1S/C37H39N3O10S2/c1-5-49-36(46)17-6-9-19(10-7-17)38-25(41)15-50-23-11-8-18(13-24(23)48-4)26-27-20-14-21(30(27)51-32-31(26)52-37(47)39-32)29-28(20)33(42)40(34(29)43)22(35(44)45)12-16(2)3/h6-11,13,16,20-22,26-30H,5,12,14-15H2,1-4H3,(H,38,41)(H,39,47)(H,44,45)/t20?,21?,22?,26-,27?,28?,29?,30?/m1/s1. The number of carbonyl (C=O) groups is 5. The SMILES string of the molecule is CCOC(=O)c1ccc(NC(=O)COc2ccc([C@H]3c4sc(=O)[nH]c4SC4C5CC(C6C(=O)N(C(CC(C)C)C(=O)O)C(=O)C56)C43)cc2OC)cc1. The number of nitrogens with one attached hydrogen (secondary N) is 2. The molecule has 3 N–H and O–H groups in total. The molecule has 13 nitrogen and oxygen atoms in total. The molecule has 2 bridgehead atoms. The summed E-state index contributed by atoms with van der Waals surface area (Å²) in [6.45, 7) is 5.40. The second kappa shape index (κ2) is 14.1. The summed E-state index contributed by atoms with van der Waals surface area (Å²) >= 11 is 2.68. The molecule has 3 fully saturated rings. The number of aromatic nitrogens is 1. The fraction of sp³-hybridized carbons (Fsp3) is 0.459. The van der Waals surface area contributed by atoms with Gasteiger partial charge >= 0.3 is 16.8 Å². The van der Waals surface area contributed by atoms with E-state index in [0.717, 1.165) is 31.7 Å². The Kier molecular flexibility index (Phi) is 9.67. The van der Waals surface area contributed by atoms with E-state index in [0.29, 0.717) is 29.2 Å². The zero-order valence-electron chi connectivity index (χ0n) is 29.0. The fourth-order valence-electron chi connectivity index (χ4n) is 8.72. The number of thiazole rings is 1. The first-order valence-corrected chi connectivity index (χ1v) is 19.0. The number of amides is 3. The number of fused-ring (bicyclic) bond motifs is 9. The normalized spacial score (nSPS) is 26.1. The summed E-state index contributed by atoms with van der Waals surface area (Å²) in [5, 5.41) is 13.5. The molecule has 0 radical (unpaired) electrons. The van der Waals surface area contributed by atoms with Crippen molar-refractivity contribution in [2.75, 3.05) is 25.6 Å². The number of H-pyrrole nitrogens is 1. The van der Waals surface area contributed by atoms with Crippen LogP contribution in [0.25, 0.3) is 0 Å². The average molecular weight is 750 g/mol. The van der Waals surface area contributed by atoms with E-state index in [-0.39, 0.29) is 59.3 Å². The number of hydrogen-bond acceptors (Lipinski definition) is 11. The molecule has 3 heterocycles. The van der Waals surface area contributed by atoms with E-state index in [1.807, 2.05) is 26.0 Å². The Hall–Kier alpha value is -4.63. The van der Waals surface area contributed by atoms with Gasteiger partial charge in [0, 0.05) is 21.7 Å². The molecule has 2 aliphatic heterocycles. The molecule has 8 atom stereocenters. The average Bonchev–Trinajstić information content (AvgIpc) is 3.85. The molecule has 7 rings (SSSR count). The molecule has 2 aromatic carbocycles. The van der Waals surface area contributed by atoms with Crippen molar-refractivity contribution in [3.05, 3.63) is 68.1 Å². The third-order valence-corrected chi connectivity index (χ3v) is 13.2. The second-order valence-electron chi connectivity index (χ2n) is 14.0. The van der Waals surface area contributed by atoms with Crippen LogP contribution in [0.2, 0.25) is 0 Å². The highest BCUT2D eigenvalue weighted by atomic mass is 32.2. The van der Waals surface area contributed by atoms with Crippen LogP contribution in [0.15, 0.2) is 52.3 Å². The van der Waals surface area contributed by atoms with Gasteiger partial charge in [0.2, 0.25) is 11.8 Å². The summed E-state index contributed by atoms with van der Waals surface area (Å²) in [5.74, 6) is -4.10. The molecule has 1 saturated heterocycles. The van der Waals surface area contributed by atoms with Crippen LogP contribution in [0.3, 0.4) is 0 Å². The number of nitrogens with zero attached hydrogens (tertiary/aromatic N) is 1. The monoisotopic (exact) mass is 749 g/mol. The van der Waals surface area contributed by atoms with Crippen LogP contribution >= 0.6 is 23.1 Å². The van der Waals surface area contributed by atoms with Crippen LogP contribution in [-0.2, 0) is 23.9 Å². The molecule has 2 aliphatic carbocycles. The van der Waals surface area contributed by atoms with E-state index < -0.39 is 47.5 Å². The van der Waals surface area contributed by atoms with Crippen molar-refractivity contribution < 1.29 is 43.3 Å². The summed E-state index contributed by atoms with van der Waals surface area (Å²) in [5.41, 5.74) is 1.68. The van der Waals surface area contributed by atoms with Gasteiger partial charge in [-0.3, -0.25) is 24.1 Å². The molecule has 3 amide bonds. The van der Waals surface area contributed by atoms with Gasteiger partial charge in [0.15, 0.2) is 18.1 Å². The minimum atomic E-state index is -1.20. The van der Waals surface area contributed by atoms with Gasteiger partial charge in [-0.05, 0) is 85.4 Å². The Morgan fingerprint density at radius 1 is 1.02 bits per heavy atom. The number of rotatable bonds is 12. The lowest BCUT2D eigenvalue weighted by Gasteiger charge is -2.43. The lowest BCUT2D eigenvalue weighted by atomic mass is 9.68. The van der Waals surface area contributed by atoms with Gasteiger partial charge in [-0.1, -0.05) is 31.3 Å². The van der Waals surface area contributed by atoms with Crippen molar-refractivity contribution in [2.24, 2.45) is 35.5 Å². The van der Waals surface area contributed by atoms with Gasteiger partial charge < -0.3 is 29.6 Å². The lowest BCUT2D eigenvalue weighted by molar-refractivity contribution is -0.156. The molecule has 4 aliphatic rings. The van der Waals surface area contributed by atoms with Gasteiger partial charge in [0.25, 0.3) is 5.91 Å². The van der Waals surface area contributed by atoms with E-state index in [2.05, 4.69) is 10.3 Å². The number of ether oxygens (including phenoxy) is 3. The maximum Gasteiger partial charge on any atom is 0.338 e. The second-order valence-corrected chi connectivity index (χ2v) is 16.2. The smallest absolute Gasteiger partial charge is 0.338 e. The first-order valence-electron chi connectivity index (χ1n) is 17.3. The van der Waals surface area contributed by atoms with Crippen molar-refractivity contribution in [1.29, 1.82) is 0 Å². The topological polar surface area (TPSA) is 181 Å². The Balaban J connectivity index is 1.12. The minimum absolute atomic E-state index is 0.0259. The van der Waals surface area contributed by atoms with Gasteiger partial charge in [-0.25, -0.2) is 9.59 Å². The van der Waals surface area contributed by atoms with Gasteiger partial charge in [-0.15, -0.1) is 11.8 Å². The van der Waals surface area contributed by atoms with Gasteiger partial charge in [0.05, 0.1) is 36.1 Å². The first kappa shape index (κ1) is 35.8. The zero-order valence-corrected chi connectivity index (χ0v) is 30.6. The Morgan fingerprint density at radius 3 is 2.38 bits per heavy atom. The van der Waals surface area contributed by atoms with Crippen LogP contribution in [0.4, 0.5) is 5.69 Å². The molecule has 0 spiro atoms. The molecule has 3 aromatic rings. The van der Waals surface area contributed by atoms with Crippen LogP contribution in [0, 0.1) is 35.5 Å². The highest BCUT2D eigenvalue weighted by molar-refractivity contribution is 8.00. The van der Waals surface area contributed by atoms with Crippen LogP contribution < -0.4 is 19.7 Å². The predicted molar refractivity (Wildman–Crippen MR) is 191 cm³/mol. The highest BCUT2D eigenvalue weighted by Gasteiger charge is 2.70. The number of methoxy groups -OCH3 is 1. The molecular formula is C37H39N3O10S2. The molecule has 7 unspecified atom stereocenters. The van der Waals surface area contributed by atoms with Gasteiger partial charge in [0.1, 0.15) is 6.04 Å². The van der Waals surface area contributed by atoms with Gasteiger partial charge in [-0.2, -0.15) is 0 Å². The van der Waals surface area contributed by atoms with E-state index in [1.165, 1.54) is 7.11 Å². The summed E-state index contributed by atoms with van der Waals surface area (Å²) in [4.78, 5) is 82.3. The summed E-state index contributed by atoms with van der Waals surface area (Å²) in [6, 6.07) is 10.5. The number of carbonyl (C=O) groups excluding carboxylic acids is 4. The van der Waals surface area contributed by atoms with E-state index in [4.69, 9.17) is 14.2 Å². The number of imide groups is 1. The summed E-state index contributed by atoms with van der Waals surface area (Å²) in [7, 11) is 1.49. The number of benzene rings is 2. The van der Waals surface area contributed by atoms with E-state index in [1.54, 1.807) is 49.0 Å². The van der Waals surface area contributed by atoms with Crippen molar-refractivity contribution in [3.63, 3.8) is 0 Å². The number of likely N-dealkylation sites (tertiary alicyclic amines) is 1. The Labute approximate surface area is 307 Å².